The van der Waals surface area contributed by atoms with E-state index in [1.165, 1.54) is 18.9 Å². The van der Waals surface area contributed by atoms with Crippen LogP contribution in [-0.2, 0) is 14.3 Å². The fraction of sp³-hybridized carbons (Fsp3) is 0.600. The highest BCUT2D eigenvalue weighted by Gasteiger charge is 2.13. The first-order valence-electron chi connectivity index (χ1n) is 5.29. The predicted octanol–water partition coefficient (Wildman–Crippen LogP) is 1.00. The first kappa shape index (κ1) is 14.5. The number of methoxy groups -OCH3 is 1. The van der Waals surface area contributed by atoms with Crippen molar-refractivity contribution in [2.75, 3.05) is 18.2 Å². The third-order valence-corrected chi connectivity index (χ3v) is 3.12. The average Bonchev–Trinajstić information content (AvgIpc) is 2.72. The van der Waals surface area contributed by atoms with Gasteiger partial charge in [0, 0.05) is 12.2 Å². The summed E-state index contributed by atoms with van der Waals surface area (Å²) in [6, 6.07) is 0.0821. The standard InChI is InChI=1S/C10H15N3O4S/c1-6(4-9(15)16-3)18-5-8(14)11-10-13-12-7(2)17-10/h6H,4-5H2,1-3H3,(H,11,13,14). The van der Waals surface area contributed by atoms with Gasteiger partial charge in [0.05, 0.1) is 19.3 Å². The van der Waals surface area contributed by atoms with Crippen LogP contribution in [0.3, 0.4) is 0 Å². The number of thioether (sulfide) groups is 1. The quantitative estimate of drug-likeness (QED) is 0.772. The molecule has 18 heavy (non-hydrogen) atoms. The monoisotopic (exact) mass is 273 g/mol. The Morgan fingerprint density at radius 1 is 1.50 bits per heavy atom. The van der Waals surface area contributed by atoms with E-state index in [0.717, 1.165) is 0 Å². The number of esters is 1. The zero-order valence-corrected chi connectivity index (χ0v) is 11.2. The van der Waals surface area contributed by atoms with Crippen molar-refractivity contribution >= 4 is 29.7 Å². The molecular formula is C10H15N3O4S. The summed E-state index contributed by atoms with van der Waals surface area (Å²) in [6.07, 6.45) is 0.272. The number of aromatic nitrogens is 2. The summed E-state index contributed by atoms with van der Waals surface area (Å²) in [6.45, 7) is 3.49. The molecule has 0 radical (unpaired) electrons. The molecule has 0 bridgehead atoms. The molecule has 1 unspecified atom stereocenters. The van der Waals surface area contributed by atoms with Crippen molar-refractivity contribution in [2.45, 2.75) is 25.5 Å². The van der Waals surface area contributed by atoms with E-state index in [1.54, 1.807) is 6.92 Å². The third kappa shape index (κ3) is 5.17. The van der Waals surface area contributed by atoms with Crippen LogP contribution in [-0.4, -0.2) is 40.2 Å². The summed E-state index contributed by atoms with van der Waals surface area (Å²) in [4.78, 5) is 22.5. The molecule has 0 fully saturated rings. The van der Waals surface area contributed by atoms with Gasteiger partial charge in [-0.25, -0.2) is 0 Å². The normalized spacial score (nSPS) is 11.9. The van der Waals surface area contributed by atoms with Crippen LogP contribution in [0.15, 0.2) is 4.42 Å². The van der Waals surface area contributed by atoms with Crippen molar-refractivity contribution in [1.29, 1.82) is 0 Å². The van der Waals surface area contributed by atoms with E-state index in [4.69, 9.17) is 4.42 Å². The Balaban J connectivity index is 2.26. The Hall–Kier alpha value is -1.57. The lowest BCUT2D eigenvalue weighted by Crippen LogP contribution is -2.17. The maximum absolute atomic E-state index is 11.5. The highest BCUT2D eigenvalue weighted by atomic mass is 32.2. The molecule has 0 aliphatic rings. The molecule has 1 heterocycles. The molecule has 1 atom stereocenters. The van der Waals surface area contributed by atoms with Gasteiger partial charge in [0.2, 0.25) is 11.8 Å². The molecule has 0 saturated heterocycles. The molecule has 100 valence electrons. The summed E-state index contributed by atoms with van der Waals surface area (Å²) in [5.74, 6) is 0.0554. The minimum Gasteiger partial charge on any atom is -0.469 e. The number of nitrogens with zero attached hydrogens (tertiary/aromatic N) is 2. The van der Waals surface area contributed by atoms with Crippen molar-refractivity contribution in [3.05, 3.63) is 5.89 Å². The van der Waals surface area contributed by atoms with Gasteiger partial charge in [-0.2, -0.15) is 0 Å². The fourth-order valence-electron chi connectivity index (χ4n) is 1.10. The van der Waals surface area contributed by atoms with Crippen LogP contribution in [0.4, 0.5) is 6.01 Å². The van der Waals surface area contributed by atoms with Crippen LogP contribution in [0.5, 0.6) is 0 Å². The molecule has 0 spiro atoms. The number of hydrogen-bond acceptors (Lipinski definition) is 7. The first-order valence-corrected chi connectivity index (χ1v) is 6.34. The number of rotatable bonds is 6. The summed E-state index contributed by atoms with van der Waals surface area (Å²) >= 11 is 1.35. The van der Waals surface area contributed by atoms with Crippen molar-refractivity contribution in [2.24, 2.45) is 0 Å². The first-order chi connectivity index (χ1) is 8.51. The highest BCUT2D eigenvalue weighted by Crippen LogP contribution is 2.15. The van der Waals surface area contributed by atoms with Gasteiger partial charge in [0.1, 0.15) is 0 Å². The minimum atomic E-state index is -0.289. The average molecular weight is 273 g/mol. The predicted molar refractivity (Wildman–Crippen MR) is 66.2 cm³/mol. The largest absolute Gasteiger partial charge is 0.469 e. The molecule has 8 heteroatoms. The van der Waals surface area contributed by atoms with Crippen LogP contribution in [0.1, 0.15) is 19.2 Å². The Morgan fingerprint density at radius 3 is 2.78 bits per heavy atom. The molecule has 1 rings (SSSR count). The highest BCUT2D eigenvalue weighted by molar-refractivity contribution is 8.00. The van der Waals surface area contributed by atoms with Gasteiger partial charge in [0.15, 0.2) is 0 Å². The summed E-state index contributed by atoms with van der Waals surface area (Å²) in [5.41, 5.74) is 0. The van der Waals surface area contributed by atoms with Gasteiger partial charge in [-0.1, -0.05) is 12.0 Å². The number of hydrogen-bond donors (Lipinski definition) is 1. The number of carbonyl (C=O) groups excluding carboxylic acids is 2. The summed E-state index contributed by atoms with van der Waals surface area (Å²) in [5, 5.41) is 9.70. The summed E-state index contributed by atoms with van der Waals surface area (Å²) in [7, 11) is 1.34. The molecule has 7 nitrogen and oxygen atoms in total. The molecule has 1 N–H and O–H groups in total. The van der Waals surface area contributed by atoms with Gasteiger partial charge in [-0.3, -0.25) is 14.9 Å². The van der Waals surface area contributed by atoms with Crippen molar-refractivity contribution in [3.8, 4) is 0 Å². The van der Waals surface area contributed by atoms with Crippen molar-refractivity contribution in [1.82, 2.24) is 10.2 Å². The Labute approximate surface area is 109 Å². The SMILES string of the molecule is COC(=O)CC(C)SCC(=O)Nc1nnc(C)o1. The molecule has 1 amide bonds. The number of carbonyl (C=O) groups is 2. The van der Waals surface area contributed by atoms with E-state index in [9.17, 15) is 9.59 Å². The molecule has 1 aromatic heterocycles. The van der Waals surface area contributed by atoms with Crippen LogP contribution < -0.4 is 5.32 Å². The number of amides is 1. The van der Waals surface area contributed by atoms with Crippen molar-refractivity contribution < 1.29 is 18.7 Å². The fourth-order valence-corrected chi connectivity index (χ4v) is 1.86. The molecule has 1 aromatic rings. The van der Waals surface area contributed by atoms with Gasteiger partial charge < -0.3 is 9.15 Å². The van der Waals surface area contributed by atoms with E-state index in [2.05, 4.69) is 20.3 Å². The second-order valence-corrected chi connectivity index (χ2v) is 5.00. The maximum atomic E-state index is 11.5. The number of anilines is 1. The second kappa shape index (κ2) is 7.00. The second-order valence-electron chi connectivity index (χ2n) is 3.58. The van der Waals surface area contributed by atoms with Gasteiger partial charge in [0.25, 0.3) is 0 Å². The number of aryl methyl sites for hydroxylation is 1. The van der Waals surface area contributed by atoms with Crippen molar-refractivity contribution in [3.63, 3.8) is 0 Å². The number of nitrogens with one attached hydrogen (secondary N) is 1. The van der Waals surface area contributed by atoms with E-state index in [1.807, 2.05) is 6.92 Å². The molecular weight excluding hydrogens is 258 g/mol. The lowest BCUT2D eigenvalue weighted by atomic mass is 10.3. The van der Waals surface area contributed by atoms with E-state index < -0.39 is 0 Å². The van der Waals surface area contributed by atoms with Crippen LogP contribution in [0.25, 0.3) is 0 Å². The zero-order valence-electron chi connectivity index (χ0n) is 10.4. The Morgan fingerprint density at radius 2 is 2.22 bits per heavy atom. The van der Waals surface area contributed by atoms with E-state index in [-0.39, 0.29) is 35.3 Å². The van der Waals surface area contributed by atoms with Gasteiger partial charge in [-0.15, -0.1) is 16.9 Å². The minimum absolute atomic E-state index is 0.00706. The lowest BCUT2D eigenvalue weighted by Gasteiger charge is -2.08. The van der Waals surface area contributed by atoms with Gasteiger partial charge >= 0.3 is 12.0 Å². The zero-order chi connectivity index (χ0) is 13.5. The maximum Gasteiger partial charge on any atom is 0.322 e. The molecule has 0 aliphatic heterocycles. The third-order valence-electron chi connectivity index (χ3n) is 1.95. The van der Waals surface area contributed by atoms with E-state index in [0.29, 0.717) is 5.89 Å². The number of ether oxygens (including phenoxy) is 1. The van der Waals surface area contributed by atoms with Crippen LogP contribution >= 0.6 is 11.8 Å². The Kier molecular flexibility index (Phi) is 5.63. The summed E-state index contributed by atoms with van der Waals surface area (Å²) < 4.78 is 9.55. The van der Waals surface area contributed by atoms with E-state index >= 15 is 0 Å². The molecule has 0 saturated carbocycles. The van der Waals surface area contributed by atoms with Crippen LogP contribution in [0, 0.1) is 6.92 Å². The topological polar surface area (TPSA) is 94.3 Å². The smallest absolute Gasteiger partial charge is 0.322 e. The lowest BCUT2D eigenvalue weighted by molar-refractivity contribution is -0.140. The molecule has 0 aromatic carbocycles. The van der Waals surface area contributed by atoms with Crippen LogP contribution in [0.2, 0.25) is 0 Å². The Bertz CT molecular complexity index is 421. The molecule has 0 aliphatic carbocycles. The van der Waals surface area contributed by atoms with Gasteiger partial charge in [-0.05, 0) is 0 Å².